The predicted octanol–water partition coefficient (Wildman–Crippen LogP) is 2.44. The van der Waals surface area contributed by atoms with Crippen molar-refractivity contribution in [2.45, 2.75) is 43.2 Å². The summed E-state index contributed by atoms with van der Waals surface area (Å²) in [5.74, 6) is -0.195. The molecule has 2 saturated heterocycles. The van der Waals surface area contributed by atoms with Crippen molar-refractivity contribution < 1.29 is 9.59 Å². The van der Waals surface area contributed by atoms with Crippen LogP contribution in [0.1, 0.15) is 26.2 Å². The Morgan fingerprint density at radius 2 is 2.04 bits per heavy atom. The molecule has 25 heavy (non-hydrogen) atoms. The van der Waals surface area contributed by atoms with Crippen molar-refractivity contribution in [1.82, 2.24) is 10.6 Å². The zero-order valence-corrected chi connectivity index (χ0v) is 16.3. The van der Waals surface area contributed by atoms with Crippen LogP contribution in [0.5, 0.6) is 0 Å². The second-order valence-electron chi connectivity index (χ2n) is 6.69. The molecule has 7 heteroatoms. The van der Waals surface area contributed by atoms with Crippen LogP contribution in [0.15, 0.2) is 29.2 Å². The topological polar surface area (TPSA) is 61.4 Å². The highest BCUT2D eigenvalue weighted by Crippen LogP contribution is 2.27. The lowest BCUT2D eigenvalue weighted by Gasteiger charge is -2.29. The summed E-state index contributed by atoms with van der Waals surface area (Å²) in [6, 6.07) is 8.59. The Labute approximate surface area is 159 Å². The number of rotatable bonds is 4. The van der Waals surface area contributed by atoms with Crippen LogP contribution in [-0.2, 0) is 9.59 Å². The molecular weight excluding hydrogens is 358 g/mol. The standard InChI is InChI=1S/C18H25N3O2S.ClH/c1-12-9-14(7-8-19-12)20-18(23)13-10-17(22)21(11-13)15-3-5-16(24-2)6-4-15;/h3-6,12-14,19H,7-11H2,1-2H3,(H,20,23);1H. The van der Waals surface area contributed by atoms with Crippen molar-refractivity contribution >= 4 is 41.7 Å². The minimum atomic E-state index is -0.247. The Morgan fingerprint density at radius 1 is 1.32 bits per heavy atom. The number of hydrogen-bond donors (Lipinski definition) is 2. The van der Waals surface area contributed by atoms with E-state index in [9.17, 15) is 9.59 Å². The second-order valence-corrected chi connectivity index (χ2v) is 7.57. The van der Waals surface area contributed by atoms with Gasteiger partial charge in [0.2, 0.25) is 11.8 Å². The largest absolute Gasteiger partial charge is 0.353 e. The molecule has 2 N–H and O–H groups in total. The van der Waals surface area contributed by atoms with Gasteiger partial charge in [0.25, 0.3) is 0 Å². The quantitative estimate of drug-likeness (QED) is 0.784. The highest BCUT2D eigenvalue weighted by Gasteiger charge is 2.36. The average Bonchev–Trinajstić information content (AvgIpc) is 2.97. The van der Waals surface area contributed by atoms with Crippen molar-refractivity contribution in [2.75, 3.05) is 24.2 Å². The summed E-state index contributed by atoms with van der Waals surface area (Å²) in [6.07, 6.45) is 4.23. The van der Waals surface area contributed by atoms with E-state index in [1.54, 1.807) is 16.7 Å². The van der Waals surface area contributed by atoms with E-state index in [2.05, 4.69) is 17.6 Å². The van der Waals surface area contributed by atoms with E-state index in [1.807, 2.05) is 30.5 Å². The fourth-order valence-electron chi connectivity index (χ4n) is 3.48. The molecule has 3 atom stereocenters. The zero-order valence-electron chi connectivity index (χ0n) is 14.7. The van der Waals surface area contributed by atoms with Gasteiger partial charge in [-0.05, 0) is 56.8 Å². The number of amides is 2. The second kappa shape index (κ2) is 8.92. The first-order chi connectivity index (χ1) is 11.6. The molecule has 2 heterocycles. The molecule has 0 radical (unpaired) electrons. The number of hydrogen-bond acceptors (Lipinski definition) is 4. The molecule has 2 aliphatic rings. The molecule has 0 aromatic heterocycles. The Morgan fingerprint density at radius 3 is 2.68 bits per heavy atom. The maximum atomic E-state index is 12.5. The fourth-order valence-corrected chi connectivity index (χ4v) is 3.89. The number of benzene rings is 1. The van der Waals surface area contributed by atoms with Gasteiger partial charge >= 0.3 is 0 Å². The van der Waals surface area contributed by atoms with Crippen LogP contribution in [0.4, 0.5) is 5.69 Å². The molecule has 3 unspecified atom stereocenters. The highest BCUT2D eigenvalue weighted by molar-refractivity contribution is 7.98. The molecule has 2 aliphatic heterocycles. The summed E-state index contributed by atoms with van der Waals surface area (Å²) < 4.78 is 0. The van der Waals surface area contributed by atoms with Crippen LogP contribution in [0.25, 0.3) is 0 Å². The van der Waals surface area contributed by atoms with E-state index in [0.717, 1.165) is 25.1 Å². The number of thioether (sulfide) groups is 1. The molecule has 1 aromatic carbocycles. The summed E-state index contributed by atoms with van der Waals surface area (Å²) in [4.78, 5) is 27.8. The van der Waals surface area contributed by atoms with Crippen molar-refractivity contribution in [2.24, 2.45) is 5.92 Å². The van der Waals surface area contributed by atoms with Crippen LogP contribution in [-0.4, -0.2) is 43.2 Å². The minimum absolute atomic E-state index is 0. The molecular formula is C18H26ClN3O2S. The summed E-state index contributed by atoms with van der Waals surface area (Å²) in [5, 5.41) is 6.53. The monoisotopic (exact) mass is 383 g/mol. The number of nitrogens with zero attached hydrogens (tertiary/aromatic N) is 1. The molecule has 0 spiro atoms. The molecule has 5 nitrogen and oxygen atoms in total. The number of carbonyl (C=O) groups is 2. The molecule has 2 amide bonds. The molecule has 2 fully saturated rings. The van der Waals surface area contributed by atoms with Crippen molar-refractivity contribution in [3.8, 4) is 0 Å². The van der Waals surface area contributed by atoms with Gasteiger partial charge < -0.3 is 15.5 Å². The lowest BCUT2D eigenvalue weighted by atomic mass is 9.99. The Kier molecular flexibility index (Phi) is 7.16. The van der Waals surface area contributed by atoms with Gasteiger partial charge in [-0.3, -0.25) is 9.59 Å². The summed E-state index contributed by atoms with van der Waals surface area (Å²) >= 11 is 1.67. The van der Waals surface area contributed by atoms with Crippen LogP contribution < -0.4 is 15.5 Å². The zero-order chi connectivity index (χ0) is 17.1. The van der Waals surface area contributed by atoms with Gasteiger partial charge in [-0.2, -0.15) is 0 Å². The van der Waals surface area contributed by atoms with Gasteiger partial charge in [0, 0.05) is 35.6 Å². The highest BCUT2D eigenvalue weighted by atomic mass is 35.5. The number of anilines is 1. The van der Waals surface area contributed by atoms with Gasteiger partial charge in [-0.15, -0.1) is 24.2 Å². The minimum Gasteiger partial charge on any atom is -0.353 e. The van der Waals surface area contributed by atoms with E-state index in [1.165, 1.54) is 4.90 Å². The van der Waals surface area contributed by atoms with Crippen LogP contribution in [0.3, 0.4) is 0 Å². The first-order valence-corrected chi connectivity index (χ1v) is 9.77. The van der Waals surface area contributed by atoms with Crippen molar-refractivity contribution in [1.29, 1.82) is 0 Å². The SMILES string of the molecule is CSc1ccc(N2CC(C(=O)NC3CCNC(C)C3)CC2=O)cc1.Cl. The van der Waals surface area contributed by atoms with E-state index in [0.29, 0.717) is 19.0 Å². The van der Waals surface area contributed by atoms with Crippen LogP contribution in [0.2, 0.25) is 0 Å². The molecule has 3 rings (SSSR count). The smallest absolute Gasteiger partial charge is 0.227 e. The van der Waals surface area contributed by atoms with Crippen LogP contribution >= 0.6 is 24.2 Å². The van der Waals surface area contributed by atoms with E-state index in [-0.39, 0.29) is 36.2 Å². The van der Waals surface area contributed by atoms with Gasteiger partial charge in [-0.1, -0.05) is 0 Å². The number of piperidine rings is 1. The van der Waals surface area contributed by atoms with Crippen molar-refractivity contribution in [3.63, 3.8) is 0 Å². The Balaban J connectivity index is 0.00000225. The molecule has 0 bridgehead atoms. The van der Waals surface area contributed by atoms with Gasteiger partial charge in [-0.25, -0.2) is 0 Å². The fraction of sp³-hybridized carbons (Fsp3) is 0.556. The normalized spacial score (nSPS) is 26.2. The average molecular weight is 384 g/mol. The van der Waals surface area contributed by atoms with Crippen LogP contribution in [0, 0.1) is 5.92 Å². The number of halogens is 1. The van der Waals surface area contributed by atoms with E-state index in [4.69, 9.17) is 0 Å². The number of carbonyl (C=O) groups excluding carboxylic acids is 2. The lowest BCUT2D eigenvalue weighted by Crippen LogP contribution is -2.48. The predicted molar refractivity (Wildman–Crippen MR) is 105 cm³/mol. The Bertz CT molecular complexity index is 611. The third-order valence-corrected chi connectivity index (χ3v) is 5.59. The first-order valence-electron chi connectivity index (χ1n) is 8.55. The summed E-state index contributed by atoms with van der Waals surface area (Å²) in [5.41, 5.74) is 0.878. The van der Waals surface area contributed by atoms with E-state index >= 15 is 0 Å². The molecule has 1 aromatic rings. The van der Waals surface area contributed by atoms with Gasteiger partial charge in [0.15, 0.2) is 0 Å². The maximum Gasteiger partial charge on any atom is 0.227 e. The third kappa shape index (κ3) is 4.90. The lowest BCUT2D eigenvalue weighted by molar-refractivity contribution is -0.127. The summed E-state index contributed by atoms with van der Waals surface area (Å²) in [7, 11) is 0. The first kappa shape index (κ1) is 20.1. The number of nitrogens with one attached hydrogen (secondary N) is 2. The van der Waals surface area contributed by atoms with Gasteiger partial charge in [0.05, 0.1) is 5.92 Å². The molecule has 0 aliphatic carbocycles. The molecule has 0 saturated carbocycles. The molecule has 138 valence electrons. The third-order valence-electron chi connectivity index (χ3n) is 4.85. The summed E-state index contributed by atoms with van der Waals surface area (Å²) in [6.45, 7) is 3.55. The van der Waals surface area contributed by atoms with Gasteiger partial charge in [0.1, 0.15) is 0 Å². The van der Waals surface area contributed by atoms with Crippen molar-refractivity contribution in [3.05, 3.63) is 24.3 Å². The Hall–Kier alpha value is -1.24. The van der Waals surface area contributed by atoms with E-state index < -0.39 is 0 Å². The maximum absolute atomic E-state index is 12.5.